The van der Waals surface area contributed by atoms with Gasteiger partial charge in [-0.05, 0) is 42.8 Å². The van der Waals surface area contributed by atoms with Crippen molar-refractivity contribution in [1.29, 1.82) is 0 Å². The van der Waals surface area contributed by atoms with Crippen molar-refractivity contribution in [3.8, 4) is 27.6 Å². The van der Waals surface area contributed by atoms with E-state index in [4.69, 9.17) is 9.72 Å². The predicted molar refractivity (Wildman–Crippen MR) is 132 cm³/mol. The third-order valence-corrected chi connectivity index (χ3v) is 5.99. The van der Waals surface area contributed by atoms with Gasteiger partial charge in [0.1, 0.15) is 10.8 Å². The molecule has 0 aliphatic heterocycles. The van der Waals surface area contributed by atoms with E-state index >= 15 is 0 Å². The largest absolute Gasteiger partial charge is 0.494 e. The Hall–Kier alpha value is -3.44. The molecule has 0 atom stereocenters. The van der Waals surface area contributed by atoms with Crippen molar-refractivity contribution in [2.75, 3.05) is 11.9 Å². The lowest BCUT2D eigenvalue weighted by molar-refractivity contribution is 0.102. The van der Waals surface area contributed by atoms with Gasteiger partial charge in [0.25, 0.3) is 5.91 Å². The third kappa shape index (κ3) is 5.62. The lowest BCUT2D eigenvalue weighted by Crippen LogP contribution is -2.11. The number of hydrogen-bond donors (Lipinski definition) is 1. The molecule has 1 amide bonds. The Labute approximate surface area is 192 Å². The summed E-state index contributed by atoms with van der Waals surface area (Å²) in [6, 6.07) is 25.2. The first kappa shape index (κ1) is 21.8. The van der Waals surface area contributed by atoms with Crippen molar-refractivity contribution in [1.82, 2.24) is 4.98 Å². The smallest absolute Gasteiger partial charge is 0.255 e. The van der Waals surface area contributed by atoms with E-state index < -0.39 is 0 Å². The molecule has 0 saturated heterocycles. The molecule has 5 heteroatoms. The number of ether oxygens (including phenoxy) is 1. The molecule has 4 nitrogen and oxygen atoms in total. The number of nitrogens with one attached hydrogen (secondary N) is 1. The maximum Gasteiger partial charge on any atom is 0.255 e. The zero-order valence-corrected chi connectivity index (χ0v) is 18.9. The summed E-state index contributed by atoms with van der Waals surface area (Å²) in [4.78, 5) is 17.3. The highest BCUT2D eigenvalue weighted by molar-refractivity contribution is 7.13. The molecular formula is C27H26N2O2S. The van der Waals surface area contributed by atoms with Crippen LogP contribution < -0.4 is 10.1 Å². The SMILES string of the molecule is CCCCCOc1ccc(C(=O)Nc2ccc(-c3csc(-c4ccccc4)n3)cc2)cc1. The minimum Gasteiger partial charge on any atom is -0.494 e. The number of anilines is 1. The molecule has 4 aromatic rings. The lowest BCUT2D eigenvalue weighted by atomic mass is 10.1. The van der Waals surface area contributed by atoms with Gasteiger partial charge in [0.2, 0.25) is 0 Å². The standard InChI is InChI=1S/C27H26N2O2S/c1-2-3-7-18-31-24-16-12-21(13-17-24)26(30)28-23-14-10-20(11-15-23)25-19-32-27(29-25)22-8-5-4-6-9-22/h4-6,8-17,19H,2-3,7,18H2,1H3,(H,28,30). The van der Waals surface area contributed by atoms with Gasteiger partial charge in [-0.15, -0.1) is 11.3 Å². The highest BCUT2D eigenvalue weighted by Gasteiger charge is 2.09. The summed E-state index contributed by atoms with van der Waals surface area (Å²) in [5, 5.41) is 6.00. The molecule has 0 bridgehead atoms. The van der Waals surface area contributed by atoms with Crippen LogP contribution >= 0.6 is 11.3 Å². The highest BCUT2D eigenvalue weighted by atomic mass is 32.1. The minimum absolute atomic E-state index is 0.143. The van der Waals surface area contributed by atoms with Crippen LogP contribution in [0.2, 0.25) is 0 Å². The van der Waals surface area contributed by atoms with Crippen molar-refractivity contribution >= 4 is 22.9 Å². The van der Waals surface area contributed by atoms with Gasteiger partial charge in [0, 0.05) is 27.8 Å². The molecule has 1 aromatic heterocycles. The summed E-state index contributed by atoms with van der Waals surface area (Å²) in [5.41, 5.74) is 4.41. The molecule has 32 heavy (non-hydrogen) atoms. The molecule has 4 rings (SSSR count). The zero-order valence-electron chi connectivity index (χ0n) is 18.1. The van der Waals surface area contributed by atoms with Crippen LogP contribution in [0.15, 0.2) is 84.2 Å². The average molecular weight is 443 g/mol. The van der Waals surface area contributed by atoms with Crippen LogP contribution in [0.3, 0.4) is 0 Å². The highest BCUT2D eigenvalue weighted by Crippen LogP contribution is 2.29. The number of rotatable bonds is 9. The van der Waals surface area contributed by atoms with Crippen molar-refractivity contribution in [2.24, 2.45) is 0 Å². The molecular weight excluding hydrogens is 416 g/mol. The summed E-state index contributed by atoms with van der Waals surface area (Å²) < 4.78 is 5.71. The Balaban J connectivity index is 1.35. The quantitative estimate of drug-likeness (QED) is 0.277. The van der Waals surface area contributed by atoms with Crippen molar-refractivity contribution in [2.45, 2.75) is 26.2 Å². The third-order valence-electron chi connectivity index (χ3n) is 5.10. The molecule has 1 N–H and O–H groups in total. The summed E-state index contributed by atoms with van der Waals surface area (Å²) in [6.45, 7) is 2.87. The Kier molecular flexibility index (Phi) is 7.31. The van der Waals surface area contributed by atoms with Gasteiger partial charge in [-0.3, -0.25) is 4.79 Å². The van der Waals surface area contributed by atoms with E-state index in [0.717, 1.165) is 46.1 Å². The van der Waals surface area contributed by atoms with Crippen LogP contribution in [0.5, 0.6) is 5.75 Å². The number of hydrogen-bond acceptors (Lipinski definition) is 4. The van der Waals surface area contributed by atoms with Gasteiger partial charge < -0.3 is 10.1 Å². The summed E-state index contributed by atoms with van der Waals surface area (Å²) in [7, 11) is 0. The molecule has 0 fully saturated rings. The molecule has 0 unspecified atom stereocenters. The van der Waals surface area contributed by atoms with Gasteiger partial charge in [-0.25, -0.2) is 4.98 Å². The molecule has 3 aromatic carbocycles. The number of carbonyl (C=O) groups excluding carboxylic acids is 1. The van der Waals surface area contributed by atoms with Crippen LogP contribution in [-0.2, 0) is 0 Å². The van der Waals surface area contributed by atoms with E-state index in [-0.39, 0.29) is 5.91 Å². The fraction of sp³-hybridized carbons (Fsp3) is 0.185. The maximum absolute atomic E-state index is 12.6. The topological polar surface area (TPSA) is 51.2 Å². The number of amides is 1. The van der Waals surface area contributed by atoms with Crippen LogP contribution in [0.4, 0.5) is 5.69 Å². The van der Waals surface area contributed by atoms with Gasteiger partial charge in [-0.2, -0.15) is 0 Å². The maximum atomic E-state index is 12.6. The fourth-order valence-corrected chi connectivity index (χ4v) is 4.13. The van der Waals surface area contributed by atoms with E-state index in [2.05, 4.69) is 29.8 Å². The normalized spacial score (nSPS) is 10.7. The molecule has 0 radical (unpaired) electrons. The van der Waals surface area contributed by atoms with E-state index in [1.807, 2.05) is 54.6 Å². The zero-order chi connectivity index (χ0) is 22.2. The average Bonchev–Trinajstić information content (AvgIpc) is 3.34. The van der Waals surface area contributed by atoms with Crippen LogP contribution in [0.1, 0.15) is 36.5 Å². The minimum atomic E-state index is -0.143. The fourth-order valence-electron chi connectivity index (χ4n) is 3.29. The summed E-state index contributed by atoms with van der Waals surface area (Å²) in [6.07, 6.45) is 3.38. The van der Waals surface area contributed by atoms with Gasteiger partial charge in [0.15, 0.2) is 0 Å². The Morgan fingerprint density at radius 3 is 2.38 bits per heavy atom. The van der Waals surface area contributed by atoms with E-state index in [1.165, 1.54) is 6.42 Å². The number of thiazole rings is 1. The first-order valence-corrected chi connectivity index (χ1v) is 11.8. The molecule has 162 valence electrons. The molecule has 0 spiro atoms. The number of benzene rings is 3. The second-order valence-corrected chi connectivity index (χ2v) is 8.37. The van der Waals surface area contributed by atoms with Gasteiger partial charge >= 0.3 is 0 Å². The summed E-state index contributed by atoms with van der Waals surface area (Å²) >= 11 is 1.63. The Morgan fingerprint density at radius 1 is 0.906 bits per heavy atom. The van der Waals surface area contributed by atoms with Gasteiger partial charge in [0.05, 0.1) is 12.3 Å². The second kappa shape index (κ2) is 10.7. The predicted octanol–water partition coefficient (Wildman–Crippen LogP) is 7.30. The van der Waals surface area contributed by atoms with E-state index in [1.54, 1.807) is 23.5 Å². The van der Waals surface area contributed by atoms with Crippen LogP contribution in [0.25, 0.3) is 21.8 Å². The van der Waals surface area contributed by atoms with Gasteiger partial charge in [-0.1, -0.05) is 62.2 Å². The molecule has 0 aliphatic rings. The molecule has 0 aliphatic carbocycles. The first-order chi connectivity index (χ1) is 15.7. The monoisotopic (exact) mass is 442 g/mol. The lowest BCUT2D eigenvalue weighted by Gasteiger charge is -2.08. The van der Waals surface area contributed by atoms with Crippen molar-refractivity contribution in [3.05, 3.63) is 89.8 Å². The first-order valence-electron chi connectivity index (χ1n) is 10.9. The van der Waals surface area contributed by atoms with Crippen LogP contribution in [-0.4, -0.2) is 17.5 Å². The number of carbonyl (C=O) groups is 1. The Morgan fingerprint density at radius 2 is 1.66 bits per heavy atom. The Bertz CT molecular complexity index is 1140. The number of aromatic nitrogens is 1. The molecule has 0 saturated carbocycles. The van der Waals surface area contributed by atoms with Crippen molar-refractivity contribution < 1.29 is 9.53 Å². The number of unbranched alkanes of at least 4 members (excludes halogenated alkanes) is 2. The van der Waals surface area contributed by atoms with E-state index in [0.29, 0.717) is 12.2 Å². The summed E-state index contributed by atoms with van der Waals surface area (Å²) in [5.74, 6) is 0.649. The van der Waals surface area contributed by atoms with Crippen molar-refractivity contribution in [3.63, 3.8) is 0 Å². The second-order valence-electron chi connectivity index (χ2n) is 7.52. The van der Waals surface area contributed by atoms with E-state index in [9.17, 15) is 4.79 Å². The number of nitrogens with zero attached hydrogens (tertiary/aromatic N) is 1. The van der Waals surface area contributed by atoms with Crippen LogP contribution in [0, 0.1) is 0 Å². The molecule has 1 heterocycles.